The minimum atomic E-state index is 0.636. The summed E-state index contributed by atoms with van der Waals surface area (Å²) in [5.41, 5.74) is 2.86. The minimum Gasteiger partial charge on any atom is -0.313 e. The minimum absolute atomic E-state index is 0.636. The molecule has 1 rings (SSSR count). The van der Waals surface area contributed by atoms with Crippen LogP contribution >= 0.6 is 0 Å². The van der Waals surface area contributed by atoms with E-state index >= 15 is 0 Å². The van der Waals surface area contributed by atoms with Crippen LogP contribution < -0.4 is 0 Å². The molecule has 0 aliphatic carbocycles. The molecule has 0 aliphatic rings. The van der Waals surface area contributed by atoms with Crippen LogP contribution in [0.5, 0.6) is 0 Å². The van der Waals surface area contributed by atoms with Gasteiger partial charge >= 0.3 is 0 Å². The molecule has 0 heterocycles. The third-order valence-corrected chi connectivity index (χ3v) is 2.76. The molecule has 0 amide bonds. The Morgan fingerprint density at radius 3 is 2.44 bits per heavy atom. The van der Waals surface area contributed by atoms with Crippen LogP contribution in [0.2, 0.25) is 0 Å². The number of hydrogen-bond donors (Lipinski definition) is 1. The third-order valence-electron chi connectivity index (χ3n) is 2.76. The first kappa shape index (κ1) is 14.9. The predicted octanol–water partition coefficient (Wildman–Crippen LogP) is 4.81. The first-order chi connectivity index (χ1) is 7.79. The molecule has 0 aliphatic heterocycles. The van der Waals surface area contributed by atoms with Crippen LogP contribution in [-0.2, 0) is 6.42 Å². The van der Waals surface area contributed by atoms with Crippen LogP contribution in [0.25, 0.3) is 0 Å². The molecule has 1 nitrogen and oxygen atoms in total. The Labute approximate surface area is 100 Å². The molecule has 90 valence electrons. The summed E-state index contributed by atoms with van der Waals surface area (Å²) in [5.74, 6) is 0.636. The van der Waals surface area contributed by atoms with Crippen molar-refractivity contribution in [3.8, 4) is 0 Å². The van der Waals surface area contributed by atoms with Crippen molar-refractivity contribution in [1.29, 1.82) is 5.41 Å². The maximum absolute atomic E-state index is 7.05. The van der Waals surface area contributed by atoms with E-state index < -0.39 is 0 Å². The lowest BCUT2D eigenvalue weighted by atomic mass is 9.92. The molecule has 0 spiro atoms. The Balaban J connectivity index is 0.00000106. The Kier molecular flexibility index (Phi) is 8.51. The molecule has 0 fully saturated rings. The summed E-state index contributed by atoms with van der Waals surface area (Å²) in [6.45, 7) is 8.49. The summed E-state index contributed by atoms with van der Waals surface area (Å²) in [6, 6.07) is 8.60. The second-order valence-electron chi connectivity index (χ2n) is 3.75. The largest absolute Gasteiger partial charge is 0.313 e. The standard InChI is InChI=1S/C13H19N.C2H6/c1-3-11(2)13-9-5-4-7-12(13)8-6-10-14;1-2/h4-5,7,9-11,14H,3,6,8H2,1-2H3;1-2H3. The Morgan fingerprint density at radius 2 is 1.88 bits per heavy atom. The van der Waals surface area contributed by atoms with E-state index in [0.717, 1.165) is 12.8 Å². The highest BCUT2D eigenvalue weighted by molar-refractivity contribution is 5.53. The van der Waals surface area contributed by atoms with E-state index in [1.807, 2.05) is 13.8 Å². The summed E-state index contributed by atoms with van der Waals surface area (Å²) < 4.78 is 0. The number of rotatable bonds is 5. The second-order valence-corrected chi connectivity index (χ2v) is 3.75. The van der Waals surface area contributed by atoms with Crippen molar-refractivity contribution in [3.63, 3.8) is 0 Å². The van der Waals surface area contributed by atoms with Crippen molar-refractivity contribution in [3.05, 3.63) is 35.4 Å². The van der Waals surface area contributed by atoms with Gasteiger partial charge in [-0.3, -0.25) is 0 Å². The highest BCUT2D eigenvalue weighted by Crippen LogP contribution is 2.23. The molecular formula is C15H25N. The molecule has 1 atom stereocenters. The molecule has 1 N–H and O–H groups in total. The van der Waals surface area contributed by atoms with Crippen molar-refractivity contribution >= 4 is 6.21 Å². The molecule has 1 unspecified atom stereocenters. The molecule has 16 heavy (non-hydrogen) atoms. The van der Waals surface area contributed by atoms with Gasteiger partial charge in [0.2, 0.25) is 0 Å². The van der Waals surface area contributed by atoms with E-state index in [9.17, 15) is 0 Å². The van der Waals surface area contributed by atoms with E-state index in [-0.39, 0.29) is 0 Å². The van der Waals surface area contributed by atoms with Gasteiger partial charge in [0.15, 0.2) is 0 Å². The molecule has 0 aromatic heterocycles. The van der Waals surface area contributed by atoms with Gasteiger partial charge in [0, 0.05) is 0 Å². The molecule has 1 aromatic rings. The lowest BCUT2D eigenvalue weighted by Crippen LogP contribution is -1.98. The van der Waals surface area contributed by atoms with Gasteiger partial charge in [-0.15, -0.1) is 0 Å². The van der Waals surface area contributed by atoms with E-state index in [4.69, 9.17) is 5.41 Å². The lowest BCUT2D eigenvalue weighted by Gasteiger charge is -2.13. The van der Waals surface area contributed by atoms with Crippen LogP contribution in [0.15, 0.2) is 24.3 Å². The lowest BCUT2D eigenvalue weighted by molar-refractivity contribution is 0.722. The summed E-state index contributed by atoms with van der Waals surface area (Å²) in [7, 11) is 0. The topological polar surface area (TPSA) is 23.9 Å². The fraction of sp³-hybridized carbons (Fsp3) is 0.533. The maximum atomic E-state index is 7.05. The summed E-state index contributed by atoms with van der Waals surface area (Å²) >= 11 is 0. The fourth-order valence-corrected chi connectivity index (χ4v) is 1.69. The van der Waals surface area contributed by atoms with Crippen molar-refractivity contribution in [2.75, 3.05) is 0 Å². The number of hydrogen-bond acceptors (Lipinski definition) is 1. The van der Waals surface area contributed by atoms with Crippen molar-refractivity contribution < 1.29 is 0 Å². The zero-order chi connectivity index (χ0) is 12.4. The van der Waals surface area contributed by atoms with Crippen molar-refractivity contribution in [1.82, 2.24) is 0 Å². The third kappa shape index (κ3) is 4.61. The van der Waals surface area contributed by atoms with Gasteiger partial charge in [-0.1, -0.05) is 52.0 Å². The van der Waals surface area contributed by atoms with Gasteiger partial charge in [0.25, 0.3) is 0 Å². The first-order valence-corrected chi connectivity index (χ1v) is 6.36. The van der Waals surface area contributed by atoms with E-state index in [1.54, 1.807) is 0 Å². The Bertz CT molecular complexity index is 291. The van der Waals surface area contributed by atoms with E-state index in [0.29, 0.717) is 5.92 Å². The maximum Gasteiger partial charge on any atom is -0.00444 e. The molecule has 1 aromatic carbocycles. The van der Waals surface area contributed by atoms with Gasteiger partial charge in [0.1, 0.15) is 0 Å². The summed E-state index contributed by atoms with van der Waals surface area (Å²) in [5, 5.41) is 7.05. The average Bonchev–Trinajstić information content (AvgIpc) is 2.38. The van der Waals surface area contributed by atoms with Crippen LogP contribution in [0.4, 0.5) is 0 Å². The van der Waals surface area contributed by atoms with Crippen LogP contribution in [-0.4, -0.2) is 6.21 Å². The SMILES string of the molecule is CC.CCC(C)c1ccccc1CCC=N. The van der Waals surface area contributed by atoms with Crippen molar-refractivity contribution in [2.45, 2.75) is 52.9 Å². The second kappa shape index (κ2) is 9.14. The normalized spacial score (nSPS) is 11.2. The summed E-state index contributed by atoms with van der Waals surface area (Å²) in [4.78, 5) is 0. The highest BCUT2D eigenvalue weighted by Gasteiger charge is 2.06. The molecule has 1 heteroatoms. The van der Waals surface area contributed by atoms with Gasteiger partial charge < -0.3 is 5.41 Å². The molecular weight excluding hydrogens is 194 g/mol. The van der Waals surface area contributed by atoms with Crippen molar-refractivity contribution in [2.24, 2.45) is 0 Å². The van der Waals surface area contributed by atoms with Gasteiger partial charge in [-0.2, -0.15) is 0 Å². The number of nitrogens with one attached hydrogen (secondary N) is 1. The number of benzene rings is 1. The Morgan fingerprint density at radius 1 is 1.25 bits per heavy atom. The summed E-state index contributed by atoms with van der Waals surface area (Å²) in [6.07, 6.45) is 4.53. The van der Waals surface area contributed by atoms with Gasteiger partial charge in [-0.25, -0.2) is 0 Å². The molecule has 0 saturated carbocycles. The highest BCUT2D eigenvalue weighted by atomic mass is 14.3. The monoisotopic (exact) mass is 219 g/mol. The Hall–Kier alpha value is -1.11. The predicted molar refractivity (Wildman–Crippen MR) is 73.6 cm³/mol. The zero-order valence-corrected chi connectivity index (χ0v) is 11.1. The zero-order valence-electron chi connectivity index (χ0n) is 11.1. The van der Waals surface area contributed by atoms with Crippen LogP contribution in [0.3, 0.4) is 0 Å². The smallest absolute Gasteiger partial charge is 0.00444 e. The number of aryl methyl sites for hydroxylation is 1. The first-order valence-electron chi connectivity index (χ1n) is 6.36. The van der Waals surface area contributed by atoms with Crippen LogP contribution in [0.1, 0.15) is 57.6 Å². The van der Waals surface area contributed by atoms with E-state index in [1.165, 1.54) is 23.8 Å². The van der Waals surface area contributed by atoms with Gasteiger partial charge in [-0.05, 0) is 42.5 Å². The average molecular weight is 219 g/mol. The van der Waals surface area contributed by atoms with E-state index in [2.05, 4.69) is 38.1 Å². The molecule has 0 radical (unpaired) electrons. The quantitative estimate of drug-likeness (QED) is 0.687. The molecule has 0 bridgehead atoms. The fourth-order valence-electron chi connectivity index (χ4n) is 1.69. The van der Waals surface area contributed by atoms with Gasteiger partial charge in [0.05, 0.1) is 0 Å². The molecule has 0 saturated heterocycles. The van der Waals surface area contributed by atoms with Crippen LogP contribution in [0, 0.1) is 5.41 Å².